The Morgan fingerprint density at radius 1 is 1.30 bits per heavy atom. The first-order valence-corrected chi connectivity index (χ1v) is 7.71. The quantitative estimate of drug-likeness (QED) is 0.776. The van der Waals surface area contributed by atoms with E-state index in [-0.39, 0.29) is 17.9 Å². The van der Waals surface area contributed by atoms with E-state index >= 15 is 0 Å². The minimum absolute atomic E-state index is 0.159. The molecular formula is C16H17N3O4. The van der Waals surface area contributed by atoms with Crippen molar-refractivity contribution in [3.8, 4) is 0 Å². The lowest BCUT2D eigenvalue weighted by molar-refractivity contribution is -0.281. The molecule has 120 valence electrons. The van der Waals surface area contributed by atoms with Gasteiger partial charge in [0.1, 0.15) is 0 Å². The lowest BCUT2D eigenvalue weighted by Gasteiger charge is -2.53. The number of hydroxylamine groups is 2. The van der Waals surface area contributed by atoms with E-state index in [0.717, 1.165) is 6.42 Å². The van der Waals surface area contributed by atoms with Crippen molar-refractivity contribution < 1.29 is 19.2 Å². The van der Waals surface area contributed by atoms with Gasteiger partial charge in [0, 0.05) is 11.5 Å². The average molecular weight is 315 g/mol. The van der Waals surface area contributed by atoms with Crippen LogP contribution in [0.2, 0.25) is 0 Å². The molecule has 5 rings (SSSR count). The van der Waals surface area contributed by atoms with Gasteiger partial charge in [-0.2, -0.15) is 10.2 Å². The van der Waals surface area contributed by atoms with Gasteiger partial charge in [0.15, 0.2) is 0 Å². The second-order valence-electron chi connectivity index (χ2n) is 6.08. The minimum Gasteiger partial charge on any atom is -0.467 e. The van der Waals surface area contributed by atoms with Crippen molar-refractivity contribution in [3.63, 3.8) is 0 Å². The average Bonchev–Trinajstić information content (AvgIpc) is 3.09. The summed E-state index contributed by atoms with van der Waals surface area (Å²) in [6.07, 6.45) is 1.19. The number of hydrogen-bond donors (Lipinski definition) is 0. The van der Waals surface area contributed by atoms with E-state index < -0.39 is 17.6 Å². The normalized spacial score (nSPS) is 34.3. The molecule has 0 unspecified atom stereocenters. The maximum absolute atomic E-state index is 12.8. The molecule has 3 fully saturated rings. The summed E-state index contributed by atoms with van der Waals surface area (Å²) in [5.74, 6) is -0.856. The van der Waals surface area contributed by atoms with E-state index in [2.05, 4.69) is 10.2 Å². The van der Waals surface area contributed by atoms with Crippen molar-refractivity contribution in [2.45, 2.75) is 30.5 Å². The van der Waals surface area contributed by atoms with E-state index in [0.29, 0.717) is 18.5 Å². The number of amides is 1. The Bertz CT molecular complexity index is 677. The van der Waals surface area contributed by atoms with Crippen LogP contribution in [0.3, 0.4) is 0 Å². The summed E-state index contributed by atoms with van der Waals surface area (Å²) < 4.78 is 4.99. The molecule has 0 N–H and O–H groups in total. The van der Waals surface area contributed by atoms with Crippen molar-refractivity contribution in [1.29, 1.82) is 0 Å². The highest BCUT2D eigenvalue weighted by atomic mass is 16.7. The molecule has 0 aromatic heterocycles. The fourth-order valence-corrected chi connectivity index (χ4v) is 3.95. The van der Waals surface area contributed by atoms with Crippen molar-refractivity contribution in [3.05, 3.63) is 35.9 Å². The topological polar surface area (TPSA) is 80.6 Å². The Morgan fingerprint density at radius 3 is 2.83 bits per heavy atom. The molecule has 4 atom stereocenters. The van der Waals surface area contributed by atoms with Crippen molar-refractivity contribution in [2.24, 2.45) is 16.1 Å². The van der Waals surface area contributed by atoms with Gasteiger partial charge in [-0.1, -0.05) is 18.2 Å². The molecule has 4 aliphatic rings. The summed E-state index contributed by atoms with van der Waals surface area (Å²) in [5, 5.41) is 9.65. The standard InChI is InChI=1S/C16H17N3O4/c1-22-15(21)16-11(9-17-18-16)12-7-8-13(16)19(23-12)14(20)10-5-3-2-4-6-10/h2-6,11-13H,7-9H2,1H3/t11-,12-,13+,16-/m0/s1. The highest BCUT2D eigenvalue weighted by Crippen LogP contribution is 2.50. The van der Waals surface area contributed by atoms with Gasteiger partial charge in [0.25, 0.3) is 5.91 Å². The summed E-state index contributed by atoms with van der Waals surface area (Å²) in [7, 11) is 1.34. The van der Waals surface area contributed by atoms with Gasteiger partial charge in [-0.05, 0) is 25.0 Å². The second kappa shape index (κ2) is 5.13. The summed E-state index contributed by atoms with van der Waals surface area (Å²) in [5.41, 5.74) is -0.605. The molecular weight excluding hydrogens is 298 g/mol. The van der Waals surface area contributed by atoms with Crippen molar-refractivity contribution in [1.82, 2.24) is 5.06 Å². The monoisotopic (exact) mass is 315 g/mol. The molecule has 3 aliphatic heterocycles. The van der Waals surface area contributed by atoms with Crippen LogP contribution in [0.4, 0.5) is 0 Å². The van der Waals surface area contributed by atoms with Crippen LogP contribution >= 0.6 is 0 Å². The first-order valence-electron chi connectivity index (χ1n) is 7.71. The molecule has 7 nitrogen and oxygen atoms in total. The first kappa shape index (κ1) is 14.3. The zero-order valence-electron chi connectivity index (χ0n) is 12.7. The van der Waals surface area contributed by atoms with Gasteiger partial charge in [-0.15, -0.1) is 0 Å². The zero-order chi connectivity index (χ0) is 16.0. The third-order valence-corrected chi connectivity index (χ3v) is 5.03. The van der Waals surface area contributed by atoms with Gasteiger partial charge in [0.05, 0.1) is 25.8 Å². The maximum Gasteiger partial charge on any atom is 0.338 e. The molecule has 1 aliphatic carbocycles. The van der Waals surface area contributed by atoms with Gasteiger partial charge in [0.2, 0.25) is 5.54 Å². The number of ether oxygens (including phenoxy) is 1. The number of carbonyl (C=O) groups excluding carboxylic acids is 2. The number of methoxy groups -OCH3 is 1. The number of benzene rings is 1. The van der Waals surface area contributed by atoms with E-state index in [1.807, 2.05) is 6.07 Å². The Kier molecular flexibility index (Phi) is 3.19. The number of azo groups is 1. The minimum atomic E-state index is -1.12. The highest BCUT2D eigenvalue weighted by Gasteiger charge is 2.67. The van der Waals surface area contributed by atoms with Gasteiger partial charge in [-0.3, -0.25) is 9.63 Å². The summed E-state index contributed by atoms with van der Waals surface area (Å²) in [6.45, 7) is 0.434. The molecule has 0 spiro atoms. The van der Waals surface area contributed by atoms with Crippen LogP contribution in [0.25, 0.3) is 0 Å². The fraction of sp³-hybridized carbons (Fsp3) is 0.500. The fourth-order valence-electron chi connectivity index (χ4n) is 3.95. The van der Waals surface area contributed by atoms with Crippen LogP contribution in [0.5, 0.6) is 0 Å². The Morgan fingerprint density at radius 2 is 2.09 bits per heavy atom. The number of esters is 1. The lowest BCUT2D eigenvalue weighted by Crippen LogP contribution is -2.71. The third-order valence-electron chi connectivity index (χ3n) is 5.03. The van der Waals surface area contributed by atoms with E-state index in [9.17, 15) is 9.59 Å². The third kappa shape index (κ3) is 1.86. The summed E-state index contributed by atoms with van der Waals surface area (Å²) in [4.78, 5) is 31.2. The van der Waals surface area contributed by atoms with Crippen LogP contribution in [-0.2, 0) is 14.4 Å². The molecule has 7 heteroatoms. The van der Waals surface area contributed by atoms with Crippen LogP contribution in [-0.4, -0.2) is 48.3 Å². The van der Waals surface area contributed by atoms with E-state index in [1.54, 1.807) is 24.3 Å². The number of nitrogens with zero attached hydrogens (tertiary/aromatic N) is 3. The predicted molar refractivity (Wildman–Crippen MR) is 78.5 cm³/mol. The number of fused-ring (bicyclic) bond motifs is 2. The highest BCUT2D eigenvalue weighted by molar-refractivity contribution is 5.95. The summed E-state index contributed by atoms with van der Waals surface area (Å²) in [6, 6.07) is 8.41. The lowest BCUT2D eigenvalue weighted by atomic mass is 9.67. The zero-order valence-corrected chi connectivity index (χ0v) is 12.7. The maximum atomic E-state index is 12.8. The van der Waals surface area contributed by atoms with Crippen molar-refractivity contribution >= 4 is 11.9 Å². The predicted octanol–water partition coefficient (Wildman–Crippen LogP) is 1.60. The Hall–Kier alpha value is -2.28. The SMILES string of the molecule is COC(=O)[C@]12N=NC[C@H]1[C@@H]1CC[C@H]2N(C(=O)c2ccccc2)O1. The molecule has 23 heavy (non-hydrogen) atoms. The van der Waals surface area contributed by atoms with E-state index in [4.69, 9.17) is 9.57 Å². The van der Waals surface area contributed by atoms with Crippen LogP contribution in [0, 0.1) is 5.92 Å². The number of carbonyl (C=O) groups is 2. The number of rotatable bonds is 2. The molecule has 2 saturated heterocycles. The van der Waals surface area contributed by atoms with Crippen LogP contribution in [0.1, 0.15) is 23.2 Å². The molecule has 2 bridgehead atoms. The smallest absolute Gasteiger partial charge is 0.338 e. The van der Waals surface area contributed by atoms with Crippen LogP contribution < -0.4 is 0 Å². The molecule has 1 amide bonds. The molecule has 1 aromatic rings. The van der Waals surface area contributed by atoms with Crippen molar-refractivity contribution in [2.75, 3.05) is 13.7 Å². The molecule has 3 heterocycles. The number of hydrogen-bond acceptors (Lipinski definition) is 6. The summed E-state index contributed by atoms with van der Waals surface area (Å²) >= 11 is 0. The van der Waals surface area contributed by atoms with Crippen LogP contribution in [0.15, 0.2) is 40.6 Å². The first-order chi connectivity index (χ1) is 11.2. The van der Waals surface area contributed by atoms with Gasteiger partial charge in [-0.25, -0.2) is 9.86 Å². The largest absolute Gasteiger partial charge is 0.467 e. The second-order valence-corrected chi connectivity index (χ2v) is 6.08. The van der Waals surface area contributed by atoms with E-state index in [1.165, 1.54) is 12.2 Å². The van der Waals surface area contributed by atoms with Gasteiger partial charge >= 0.3 is 5.97 Å². The molecule has 1 saturated carbocycles. The van der Waals surface area contributed by atoms with Gasteiger partial charge < -0.3 is 4.74 Å². The Labute approximate surface area is 133 Å². The molecule has 0 radical (unpaired) electrons. The Balaban J connectivity index is 1.73. The molecule has 1 aromatic carbocycles.